The SMILES string of the molecule is CCc1ccc(NC(CC(=O)c2ccc(C)cc2)c2ccc([N+](=O)[O-])cc2)cc1. The second kappa shape index (κ2) is 9.15. The third-order valence-electron chi connectivity index (χ3n) is 4.97. The van der Waals surface area contributed by atoms with E-state index in [1.54, 1.807) is 12.1 Å². The summed E-state index contributed by atoms with van der Waals surface area (Å²) in [6, 6.07) is 21.7. The lowest BCUT2D eigenvalue weighted by atomic mass is 9.96. The van der Waals surface area contributed by atoms with Crippen LogP contribution in [0.2, 0.25) is 0 Å². The molecule has 0 amide bonds. The molecule has 0 aliphatic heterocycles. The number of Topliss-reactive ketones (excluding diaryl/α,β-unsaturated/α-hetero) is 1. The lowest BCUT2D eigenvalue weighted by molar-refractivity contribution is -0.384. The van der Waals surface area contributed by atoms with Crippen molar-refractivity contribution in [3.05, 3.63) is 105 Å². The van der Waals surface area contributed by atoms with E-state index in [0.717, 1.165) is 23.2 Å². The van der Waals surface area contributed by atoms with Crippen LogP contribution in [-0.2, 0) is 6.42 Å². The second-order valence-electron chi connectivity index (χ2n) is 7.09. The average molecular weight is 388 g/mol. The molecule has 3 rings (SSSR count). The van der Waals surface area contributed by atoms with Gasteiger partial charge in [0.05, 0.1) is 11.0 Å². The highest BCUT2D eigenvalue weighted by molar-refractivity contribution is 5.96. The number of ketones is 1. The Morgan fingerprint density at radius 1 is 0.966 bits per heavy atom. The molecule has 0 aromatic heterocycles. The summed E-state index contributed by atoms with van der Waals surface area (Å²) in [7, 11) is 0. The van der Waals surface area contributed by atoms with Gasteiger partial charge in [0.25, 0.3) is 5.69 Å². The van der Waals surface area contributed by atoms with Crippen molar-refractivity contribution in [3.8, 4) is 0 Å². The number of non-ortho nitro benzene ring substituents is 1. The number of benzene rings is 3. The van der Waals surface area contributed by atoms with Gasteiger partial charge < -0.3 is 5.32 Å². The number of anilines is 1. The highest BCUT2D eigenvalue weighted by atomic mass is 16.6. The first-order valence-corrected chi connectivity index (χ1v) is 9.66. The third kappa shape index (κ3) is 5.29. The lowest BCUT2D eigenvalue weighted by Gasteiger charge is -2.20. The molecule has 0 fully saturated rings. The van der Waals surface area contributed by atoms with Gasteiger partial charge in [-0.1, -0.05) is 61.0 Å². The van der Waals surface area contributed by atoms with Crippen molar-refractivity contribution in [1.82, 2.24) is 0 Å². The topological polar surface area (TPSA) is 72.2 Å². The van der Waals surface area contributed by atoms with Crippen LogP contribution in [0.25, 0.3) is 0 Å². The number of aryl methyl sites for hydroxylation is 2. The summed E-state index contributed by atoms with van der Waals surface area (Å²) < 4.78 is 0. The maximum atomic E-state index is 12.9. The van der Waals surface area contributed by atoms with E-state index < -0.39 is 4.92 Å². The number of carbonyl (C=O) groups excluding carboxylic acids is 1. The summed E-state index contributed by atoms with van der Waals surface area (Å²) in [4.78, 5) is 23.4. The minimum absolute atomic E-state index is 0.0195. The Labute approximate surface area is 170 Å². The number of hydrogen-bond acceptors (Lipinski definition) is 4. The summed E-state index contributed by atoms with van der Waals surface area (Å²) in [6.07, 6.45) is 1.20. The first-order valence-electron chi connectivity index (χ1n) is 9.66. The normalized spacial score (nSPS) is 11.7. The van der Waals surface area contributed by atoms with E-state index in [4.69, 9.17) is 0 Å². The lowest BCUT2D eigenvalue weighted by Crippen LogP contribution is -2.16. The molecule has 0 radical (unpaired) electrons. The number of nitrogens with zero attached hydrogens (tertiary/aromatic N) is 1. The van der Waals surface area contributed by atoms with Crippen molar-refractivity contribution in [2.24, 2.45) is 0 Å². The largest absolute Gasteiger partial charge is 0.378 e. The molecule has 148 valence electrons. The first-order chi connectivity index (χ1) is 14.0. The van der Waals surface area contributed by atoms with Crippen molar-refractivity contribution < 1.29 is 9.72 Å². The van der Waals surface area contributed by atoms with Crippen LogP contribution in [0.3, 0.4) is 0 Å². The van der Waals surface area contributed by atoms with Gasteiger partial charge in [0.2, 0.25) is 0 Å². The zero-order valence-electron chi connectivity index (χ0n) is 16.6. The predicted molar refractivity (Wildman–Crippen MR) is 115 cm³/mol. The summed E-state index contributed by atoms with van der Waals surface area (Å²) >= 11 is 0. The van der Waals surface area contributed by atoms with Crippen molar-refractivity contribution in [2.45, 2.75) is 32.7 Å². The van der Waals surface area contributed by atoms with Gasteiger partial charge in [-0.2, -0.15) is 0 Å². The Kier molecular flexibility index (Phi) is 6.39. The molecule has 0 heterocycles. The van der Waals surface area contributed by atoms with Gasteiger partial charge in [0, 0.05) is 29.8 Å². The Bertz CT molecular complexity index is 978. The highest BCUT2D eigenvalue weighted by Gasteiger charge is 2.18. The highest BCUT2D eigenvalue weighted by Crippen LogP contribution is 2.26. The zero-order chi connectivity index (χ0) is 20.8. The van der Waals surface area contributed by atoms with Crippen LogP contribution in [-0.4, -0.2) is 10.7 Å². The summed E-state index contributed by atoms with van der Waals surface area (Å²) in [5.74, 6) is 0.0195. The van der Waals surface area contributed by atoms with Crippen LogP contribution >= 0.6 is 0 Å². The van der Waals surface area contributed by atoms with Crippen LogP contribution in [0.15, 0.2) is 72.8 Å². The molecule has 0 saturated carbocycles. The summed E-state index contributed by atoms with van der Waals surface area (Å²) in [5.41, 5.74) is 4.76. The molecule has 1 N–H and O–H groups in total. The van der Waals surface area contributed by atoms with Crippen LogP contribution in [0.4, 0.5) is 11.4 Å². The first kappa shape index (κ1) is 20.3. The minimum Gasteiger partial charge on any atom is -0.378 e. The number of nitro benzene ring substituents is 1. The van der Waals surface area contributed by atoms with Crippen molar-refractivity contribution in [3.63, 3.8) is 0 Å². The predicted octanol–water partition coefficient (Wildman–Crippen LogP) is 5.89. The molecule has 0 aliphatic carbocycles. The summed E-state index contributed by atoms with van der Waals surface area (Å²) in [5, 5.41) is 14.4. The smallest absolute Gasteiger partial charge is 0.269 e. The molecular formula is C24H24N2O3. The van der Waals surface area contributed by atoms with Gasteiger partial charge >= 0.3 is 0 Å². The molecule has 0 saturated heterocycles. The molecule has 1 unspecified atom stereocenters. The van der Waals surface area contributed by atoms with E-state index in [1.807, 2.05) is 43.3 Å². The molecule has 29 heavy (non-hydrogen) atoms. The van der Waals surface area contributed by atoms with E-state index in [0.29, 0.717) is 5.56 Å². The number of carbonyl (C=O) groups is 1. The Balaban J connectivity index is 1.86. The molecule has 0 bridgehead atoms. The fourth-order valence-corrected chi connectivity index (χ4v) is 3.16. The van der Waals surface area contributed by atoms with E-state index in [1.165, 1.54) is 17.7 Å². The standard InChI is InChI=1S/C24H24N2O3/c1-3-18-6-12-21(13-7-18)25-23(19-10-14-22(15-11-19)26(28)29)16-24(27)20-8-4-17(2)5-9-20/h4-15,23,25H,3,16H2,1-2H3. The molecule has 0 spiro atoms. The van der Waals surface area contributed by atoms with Gasteiger partial charge in [-0.3, -0.25) is 14.9 Å². The maximum absolute atomic E-state index is 12.9. The number of nitrogens with one attached hydrogen (secondary N) is 1. The number of nitro groups is 1. The van der Waals surface area contributed by atoms with E-state index in [9.17, 15) is 14.9 Å². The molecule has 5 heteroatoms. The number of hydrogen-bond donors (Lipinski definition) is 1. The fraction of sp³-hybridized carbons (Fsp3) is 0.208. The van der Waals surface area contributed by atoms with Gasteiger partial charge in [0.15, 0.2) is 5.78 Å². The molecule has 1 atom stereocenters. The Morgan fingerprint density at radius 2 is 1.59 bits per heavy atom. The quantitative estimate of drug-likeness (QED) is 0.297. The molecule has 5 nitrogen and oxygen atoms in total. The second-order valence-corrected chi connectivity index (χ2v) is 7.09. The summed E-state index contributed by atoms with van der Waals surface area (Å²) in [6.45, 7) is 4.08. The van der Waals surface area contributed by atoms with Crippen LogP contribution in [0.5, 0.6) is 0 Å². The third-order valence-corrected chi connectivity index (χ3v) is 4.97. The van der Waals surface area contributed by atoms with E-state index >= 15 is 0 Å². The van der Waals surface area contributed by atoms with Gasteiger partial charge in [-0.15, -0.1) is 0 Å². The van der Waals surface area contributed by atoms with Crippen LogP contribution in [0, 0.1) is 17.0 Å². The molecule has 0 aliphatic rings. The van der Waals surface area contributed by atoms with Crippen LogP contribution < -0.4 is 5.32 Å². The average Bonchev–Trinajstić information content (AvgIpc) is 2.74. The number of rotatable bonds is 8. The monoisotopic (exact) mass is 388 g/mol. The Morgan fingerprint density at radius 3 is 2.14 bits per heavy atom. The van der Waals surface area contributed by atoms with Gasteiger partial charge in [-0.05, 0) is 36.6 Å². The van der Waals surface area contributed by atoms with Crippen molar-refractivity contribution >= 4 is 17.2 Å². The molecular weight excluding hydrogens is 364 g/mol. The van der Waals surface area contributed by atoms with Crippen molar-refractivity contribution in [1.29, 1.82) is 0 Å². The Hall–Kier alpha value is -3.47. The van der Waals surface area contributed by atoms with E-state index in [2.05, 4.69) is 24.4 Å². The maximum Gasteiger partial charge on any atom is 0.269 e. The molecule has 3 aromatic rings. The van der Waals surface area contributed by atoms with Crippen LogP contribution in [0.1, 0.15) is 46.4 Å². The zero-order valence-corrected chi connectivity index (χ0v) is 16.6. The van der Waals surface area contributed by atoms with E-state index in [-0.39, 0.29) is 23.9 Å². The van der Waals surface area contributed by atoms with Gasteiger partial charge in [0.1, 0.15) is 0 Å². The fourth-order valence-electron chi connectivity index (χ4n) is 3.16. The minimum atomic E-state index is -0.423. The van der Waals surface area contributed by atoms with Gasteiger partial charge in [-0.25, -0.2) is 0 Å². The van der Waals surface area contributed by atoms with Crippen molar-refractivity contribution in [2.75, 3.05) is 5.32 Å². The molecule has 3 aromatic carbocycles.